The molecule has 1 fully saturated rings. The van der Waals surface area contributed by atoms with Crippen LogP contribution in [0.4, 0.5) is 0 Å². The number of thiazole rings is 1. The van der Waals surface area contributed by atoms with E-state index in [0.717, 1.165) is 30.2 Å². The van der Waals surface area contributed by atoms with Crippen molar-refractivity contribution in [1.29, 1.82) is 0 Å². The largest absolute Gasteiger partial charge is 0.387 e. The molecule has 17 heavy (non-hydrogen) atoms. The maximum atomic E-state index is 10.4. The Balaban J connectivity index is 2.06. The summed E-state index contributed by atoms with van der Waals surface area (Å²) in [5.74, 6) is 0. The van der Waals surface area contributed by atoms with Gasteiger partial charge in [0.15, 0.2) is 0 Å². The first-order chi connectivity index (χ1) is 7.89. The third-order valence-electron chi connectivity index (χ3n) is 3.10. The van der Waals surface area contributed by atoms with Crippen LogP contribution < -0.4 is 0 Å². The lowest BCUT2D eigenvalue weighted by Crippen LogP contribution is -2.40. The van der Waals surface area contributed by atoms with Crippen LogP contribution in [-0.2, 0) is 16.6 Å². The molecule has 3 nitrogen and oxygen atoms in total. The summed E-state index contributed by atoms with van der Waals surface area (Å²) in [6, 6.07) is 0. The Bertz CT molecular complexity index is 375. The summed E-state index contributed by atoms with van der Waals surface area (Å²) >= 11 is 1.64. The van der Waals surface area contributed by atoms with E-state index in [-0.39, 0.29) is 5.41 Å². The highest BCUT2D eigenvalue weighted by molar-refractivity contribution is 7.09. The molecule has 1 aliphatic rings. The first-order valence-electron chi connectivity index (χ1n) is 6.14. The first kappa shape index (κ1) is 13.0. The minimum atomic E-state index is -0.703. The van der Waals surface area contributed by atoms with Crippen molar-refractivity contribution >= 4 is 11.3 Å². The molecule has 2 rings (SSSR count). The standard InChI is InChI=1S/C13H21NO2S/c1-12(2,3)10-8-17-11(14-10)7-13(15)5-4-6-16-9-13/h8,15H,4-7,9H2,1-3H3. The van der Waals surface area contributed by atoms with Gasteiger partial charge in [-0.1, -0.05) is 20.8 Å². The predicted molar refractivity (Wildman–Crippen MR) is 69.5 cm³/mol. The Morgan fingerprint density at radius 3 is 2.82 bits per heavy atom. The second kappa shape index (κ2) is 4.67. The molecule has 0 amide bonds. The van der Waals surface area contributed by atoms with Gasteiger partial charge in [0.1, 0.15) is 0 Å². The average molecular weight is 255 g/mol. The second-order valence-electron chi connectivity index (χ2n) is 5.93. The second-order valence-corrected chi connectivity index (χ2v) is 6.88. The van der Waals surface area contributed by atoms with Crippen LogP contribution in [0.3, 0.4) is 0 Å². The summed E-state index contributed by atoms with van der Waals surface area (Å²) < 4.78 is 5.36. The number of aliphatic hydroxyl groups is 1. The molecule has 1 aliphatic heterocycles. The van der Waals surface area contributed by atoms with Gasteiger partial charge in [0.25, 0.3) is 0 Å². The smallest absolute Gasteiger partial charge is 0.0958 e. The summed E-state index contributed by atoms with van der Waals surface area (Å²) in [6.07, 6.45) is 2.37. The van der Waals surface area contributed by atoms with E-state index in [1.54, 1.807) is 11.3 Å². The van der Waals surface area contributed by atoms with Crippen LogP contribution >= 0.6 is 11.3 Å². The SMILES string of the molecule is CC(C)(C)c1csc(CC2(O)CCCOC2)n1. The molecular formula is C13H21NO2S. The van der Waals surface area contributed by atoms with Crippen LogP contribution in [0.1, 0.15) is 44.3 Å². The Hall–Kier alpha value is -0.450. The highest BCUT2D eigenvalue weighted by Crippen LogP contribution is 2.28. The molecule has 1 N–H and O–H groups in total. The third-order valence-corrected chi connectivity index (χ3v) is 3.95. The van der Waals surface area contributed by atoms with Crippen molar-refractivity contribution in [1.82, 2.24) is 4.98 Å². The fraction of sp³-hybridized carbons (Fsp3) is 0.769. The molecule has 96 valence electrons. The van der Waals surface area contributed by atoms with Gasteiger partial charge >= 0.3 is 0 Å². The van der Waals surface area contributed by atoms with Crippen molar-refractivity contribution in [2.75, 3.05) is 13.2 Å². The van der Waals surface area contributed by atoms with Crippen molar-refractivity contribution in [3.63, 3.8) is 0 Å². The number of hydrogen-bond acceptors (Lipinski definition) is 4. The monoisotopic (exact) mass is 255 g/mol. The summed E-state index contributed by atoms with van der Waals surface area (Å²) in [5.41, 5.74) is 0.490. The number of hydrogen-bond donors (Lipinski definition) is 1. The van der Waals surface area contributed by atoms with Crippen LogP contribution in [0.25, 0.3) is 0 Å². The molecule has 1 unspecified atom stereocenters. The van der Waals surface area contributed by atoms with Crippen LogP contribution in [0, 0.1) is 0 Å². The Kier molecular flexibility index (Phi) is 3.57. The lowest BCUT2D eigenvalue weighted by Gasteiger charge is -2.31. The van der Waals surface area contributed by atoms with E-state index >= 15 is 0 Å². The summed E-state index contributed by atoms with van der Waals surface area (Å²) in [6.45, 7) is 7.68. The van der Waals surface area contributed by atoms with E-state index in [1.165, 1.54) is 0 Å². The molecule has 0 aliphatic carbocycles. The van der Waals surface area contributed by atoms with E-state index in [1.807, 2.05) is 0 Å². The molecular weight excluding hydrogens is 234 g/mol. The molecule has 1 aromatic rings. The van der Waals surface area contributed by atoms with Gasteiger partial charge in [-0.2, -0.15) is 0 Å². The Morgan fingerprint density at radius 1 is 1.53 bits per heavy atom. The average Bonchev–Trinajstić information content (AvgIpc) is 2.66. The van der Waals surface area contributed by atoms with Crippen LogP contribution in [0.2, 0.25) is 0 Å². The van der Waals surface area contributed by atoms with Gasteiger partial charge in [-0.3, -0.25) is 0 Å². The fourth-order valence-corrected chi connectivity index (χ4v) is 3.15. The van der Waals surface area contributed by atoms with E-state index < -0.39 is 5.60 Å². The van der Waals surface area contributed by atoms with Crippen molar-refractivity contribution in [3.05, 3.63) is 16.1 Å². The number of aromatic nitrogens is 1. The molecule has 0 aromatic carbocycles. The molecule has 1 atom stereocenters. The molecule has 0 bridgehead atoms. The third kappa shape index (κ3) is 3.27. The normalized spacial score (nSPS) is 26.1. The van der Waals surface area contributed by atoms with Gasteiger partial charge in [-0.25, -0.2) is 4.98 Å². The van der Waals surface area contributed by atoms with Crippen molar-refractivity contribution < 1.29 is 9.84 Å². The van der Waals surface area contributed by atoms with E-state index in [0.29, 0.717) is 13.0 Å². The summed E-state index contributed by atoms with van der Waals surface area (Å²) in [4.78, 5) is 4.62. The predicted octanol–water partition coefficient (Wildman–Crippen LogP) is 2.52. The first-order valence-corrected chi connectivity index (χ1v) is 7.02. The van der Waals surface area contributed by atoms with E-state index in [9.17, 15) is 5.11 Å². The highest BCUT2D eigenvalue weighted by atomic mass is 32.1. The minimum Gasteiger partial charge on any atom is -0.387 e. The maximum absolute atomic E-state index is 10.4. The number of rotatable bonds is 2. The zero-order chi connectivity index (χ0) is 12.5. The Morgan fingerprint density at radius 2 is 2.29 bits per heavy atom. The quantitative estimate of drug-likeness (QED) is 0.883. The van der Waals surface area contributed by atoms with E-state index in [2.05, 4.69) is 31.1 Å². The molecule has 0 saturated carbocycles. The zero-order valence-corrected chi connectivity index (χ0v) is 11.6. The van der Waals surface area contributed by atoms with Gasteiger partial charge in [-0.15, -0.1) is 11.3 Å². The van der Waals surface area contributed by atoms with Crippen LogP contribution in [-0.4, -0.2) is 28.9 Å². The summed E-state index contributed by atoms with van der Waals surface area (Å²) in [7, 11) is 0. The lowest BCUT2D eigenvalue weighted by atomic mass is 9.92. The van der Waals surface area contributed by atoms with Gasteiger partial charge in [0, 0.05) is 23.8 Å². The number of nitrogens with zero attached hydrogens (tertiary/aromatic N) is 1. The highest BCUT2D eigenvalue weighted by Gasteiger charge is 2.31. The molecule has 2 heterocycles. The van der Waals surface area contributed by atoms with Crippen LogP contribution in [0.5, 0.6) is 0 Å². The van der Waals surface area contributed by atoms with Gasteiger partial charge in [-0.05, 0) is 12.8 Å². The fourth-order valence-electron chi connectivity index (χ4n) is 2.00. The minimum absolute atomic E-state index is 0.0838. The van der Waals surface area contributed by atoms with Gasteiger partial charge in [0.05, 0.1) is 22.9 Å². The van der Waals surface area contributed by atoms with E-state index in [4.69, 9.17) is 4.74 Å². The molecule has 4 heteroatoms. The topological polar surface area (TPSA) is 42.4 Å². The zero-order valence-electron chi connectivity index (χ0n) is 10.8. The van der Waals surface area contributed by atoms with Crippen molar-refractivity contribution in [3.8, 4) is 0 Å². The molecule has 0 radical (unpaired) electrons. The summed E-state index contributed by atoms with van der Waals surface area (Å²) in [5, 5.41) is 13.5. The van der Waals surface area contributed by atoms with Crippen molar-refractivity contribution in [2.24, 2.45) is 0 Å². The Labute approximate surface area is 107 Å². The molecule has 1 saturated heterocycles. The van der Waals surface area contributed by atoms with Crippen molar-refractivity contribution in [2.45, 2.75) is 51.0 Å². The maximum Gasteiger partial charge on any atom is 0.0958 e. The number of ether oxygens (including phenoxy) is 1. The lowest BCUT2D eigenvalue weighted by molar-refractivity contribution is -0.0845. The molecule has 1 aromatic heterocycles. The molecule has 0 spiro atoms. The van der Waals surface area contributed by atoms with Gasteiger partial charge in [0.2, 0.25) is 0 Å². The van der Waals surface area contributed by atoms with Crippen LogP contribution in [0.15, 0.2) is 5.38 Å². The van der Waals surface area contributed by atoms with Gasteiger partial charge < -0.3 is 9.84 Å².